The highest BCUT2D eigenvalue weighted by Gasteiger charge is 2.30. The number of hydrogen-bond acceptors (Lipinski definition) is 10. The second kappa shape index (κ2) is 34.1. The van der Waals surface area contributed by atoms with E-state index in [-0.39, 0.29) is 5.92 Å². The summed E-state index contributed by atoms with van der Waals surface area (Å²) in [5.41, 5.74) is 33.0. The first-order chi connectivity index (χ1) is 64.4. The molecule has 130 heavy (non-hydrogen) atoms. The minimum Gasteiger partial charge on any atom is -0.265 e. The van der Waals surface area contributed by atoms with Gasteiger partial charge in [0.2, 0.25) is 0 Å². The van der Waals surface area contributed by atoms with Crippen molar-refractivity contribution in [3.05, 3.63) is 479 Å². The smallest absolute Gasteiger partial charge is 0.160 e. The van der Waals surface area contributed by atoms with E-state index in [0.29, 0.717) is 0 Å². The van der Waals surface area contributed by atoms with Crippen molar-refractivity contribution in [1.29, 1.82) is 0 Å². The predicted molar refractivity (Wildman–Crippen MR) is 540 cm³/mol. The van der Waals surface area contributed by atoms with E-state index in [1.54, 1.807) is 36.1 Å². The third kappa shape index (κ3) is 15.3. The average Bonchev–Trinajstić information content (AvgIpc) is 1.42. The third-order valence-electron chi connectivity index (χ3n) is 24.8. The Hall–Kier alpha value is -17.1. The van der Waals surface area contributed by atoms with E-state index in [0.717, 1.165) is 144 Å². The van der Waals surface area contributed by atoms with Crippen molar-refractivity contribution in [2.45, 2.75) is 5.92 Å². The zero-order valence-corrected chi connectivity index (χ0v) is 71.2. The highest BCUT2D eigenvalue weighted by atomic mass is 32.1. The summed E-state index contributed by atoms with van der Waals surface area (Å²) in [6, 6.07) is 148. The van der Waals surface area contributed by atoms with Crippen molar-refractivity contribution < 1.29 is 0 Å². The second-order valence-electron chi connectivity index (χ2n) is 32.7. The van der Waals surface area contributed by atoms with Crippen LogP contribution >= 0.6 is 11.3 Å². The maximum Gasteiger partial charge on any atom is 0.160 e. The summed E-state index contributed by atoms with van der Waals surface area (Å²) in [6.45, 7) is 0. The number of pyridine rings is 6. The first-order valence-corrected chi connectivity index (χ1v) is 44.5. The van der Waals surface area contributed by atoms with Gasteiger partial charge in [-0.05, 0) is 196 Å². The van der Waals surface area contributed by atoms with Crippen LogP contribution < -0.4 is 0 Å². The van der Waals surface area contributed by atoms with Crippen molar-refractivity contribution in [2.75, 3.05) is 0 Å². The van der Waals surface area contributed by atoms with Gasteiger partial charge >= 0.3 is 0 Å². The average molecular weight is 1680 g/mol. The summed E-state index contributed by atoms with van der Waals surface area (Å²) < 4.78 is 2.34. The molecule has 0 saturated carbocycles. The number of nitrogens with zero attached hydrogens (tertiary/aromatic N) is 9. The lowest BCUT2D eigenvalue weighted by atomic mass is 9.85. The number of thiophene rings is 1. The van der Waals surface area contributed by atoms with Gasteiger partial charge in [0.1, 0.15) is 0 Å². The Morgan fingerprint density at radius 1 is 0.231 bits per heavy atom. The normalized spacial score (nSPS) is 12.3. The fourth-order valence-electron chi connectivity index (χ4n) is 18.2. The standard InChI is InChI=1S/C41H25N3S.C40H26N4.C39H26N2/c1-2-9-28(10-3-1)38-40-39(35-15-6-7-16-37(35)45-40)44-41(43-38)31-13-8-12-29(23-31)26-17-19-27(20-18-26)30-21-22-34-33-14-5-4-11-32(33)25-42-36(34)24-30;1-2-7-36-34(4-1)26-43-40-23-33(12-13-37(36)40)28-10-8-27(9-11-28)31-5-3-6-32(22-31)35-24-38(29-14-18-41-19-15-29)44-39(25-35)30-16-20-42-21-17-30;1-2-9-28(10-3-1)38-35-15-6-7-16-36(35)41-39(38)31-13-8-12-29(23-31)26-17-19-27(20-18-26)30-21-22-34-33-14-5-4-11-32(33)25-40-37(34)24-30/h1-25H;1-26H;1-25,38H. The highest BCUT2D eigenvalue weighted by Crippen LogP contribution is 2.45. The number of aliphatic imine (C=N–C) groups is 1. The van der Waals surface area contributed by atoms with Gasteiger partial charge in [-0.15, -0.1) is 11.3 Å². The molecule has 0 aliphatic carbocycles. The molecule has 1 unspecified atom stereocenters. The molecule has 0 bridgehead atoms. The predicted octanol–water partition coefficient (Wildman–Crippen LogP) is 31.1. The SMILES string of the molecule is c1cc(-c2ccc(-c3ccc4c(c3)ncc3ccccc34)cc2)cc(-c2cc(-c3ccncc3)nc(-c3ccncc3)c2)c1.c1ccc(-c2nc(-c3cccc(-c4ccc(-c5ccc6c(c5)ncc5ccccc56)cc4)c3)nc3c2sc2ccccc23)cc1.c1ccc(C2C(c3cccc(-c4ccc(-c5ccc6c(c5)ncc5ccccc56)cc4)c3)=Nc3ccccc32)cc1. The van der Waals surface area contributed by atoms with Crippen LogP contribution in [0.3, 0.4) is 0 Å². The van der Waals surface area contributed by atoms with Crippen LogP contribution in [0.4, 0.5) is 5.69 Å². The van der Waals surface area contributed by atoms with Gasteiger partial charge in [-0.2, -0.15) is 0 Å². The zero-order chi connectivity index (χ0) is 86.2. The molecule has 0 spiro atoms. The molecule has 1 aliphatic rings. The lowest BCUT2D eigenvalue weighted by molar-refractivity contribution is 1.11. The van der Waals surface area contributed by atoms with E-state index >= 15 is 0 Å². The maximum atomic E-state index is 5.16. The van der Waals surface area contributed by atoms with E-state index in [2.05, 4.69) is 398 Å². The fraction of sp³-hybridized carbons (Fsp3) is 0.00833. The highest BCUT2D eigenvalue weighted by molar-refractivity contribution is 7.26. The molecule has 0 amide bonds. The molecular formula is C120H77N9S. The topological polar surface area (TPSA) is 115 Å². The quantitative estimate of drug-likeness (QED) is 0.105. The van der Waals surface area contributed by atoms with Gasteiger partial charge in [0.15, 0.2) is 5.82 Å². The lowest BCUT2D eigenvalue weighted by Gasteiger charge is -2.16. The Morgan fingerprint density at radius 2 is 0.600 bits per heavy atom. The molecule has 10 heteroatoms. The molecule has 24 aromatic rings. The summed E-state index contributed by atoms with van der Waals surface area (Å²) in [4.78, 5) is 43.0. The summed E-state index contributed by atoms with van der Waals surface area (Å²) in [5, 5.41) is 11.9. The Bertz CT molecular complexity index is 8400. The lowest BCUT2D eigenvalue weighted by Crippen LogP contribution is -2.11. The van der Waals surface area contributed by atoms with E-state index in [1.165, 1.54) is 92.3 Å². The minimum atomic E-state index is 0.128. The number of hydrogen-bond donors (Lipinski definition) is 0. The van der Waals surface area contributed by atoms with Crippen molar-refractivity contribution >= 4 is 108 Å². The zero-order valence-electron chi connectivity index (χ0n) is 70.4. The Labute approximate surface area is 755 Å². The van der Waals surface area contributed by atoms with Gasteiger partial charge in [0, 0.05) is 108 Å². The Balaban J connectivity index is 0.000000111. The molecule has 0 saturated heterocycles. The largest absolute Gasteiger partial charge is 0.265 e. The summed E-state index contributed by atoms with van der Waals surface area (Å²) in [5.74, 6) is 0.864. The molecule has 25 rings (SSSR count). The maximum absolute atomic E-state index is 5.16. The molecule has 0 N–H and O–H groups in total. The molecule has 0 fully saturated rings. The Kier molecular flexibility index (Phi) is 20.4. The molecule has 1 atom stereocenters. The van der Waals surface area contributed by atoms with Gasteiger partial charge in [0.05, 0.1) is 61.2 Å². The summed E-state index contributed by atoms with van der Waals surface area (Å²) >= 11 is 1.76. The fourth-order valence-corrected chi connectivity index (χ4v) is 19.4. The number of aromatic nitrogens is 8. The van der Waals surface area contributed by atoms with Gasteiger partial charge in [-0.25, -0.2) is 15.0 Å². The number of fused-ring (bicyclic) bond motifs is 13. The van der Waals surface area contributed by atoms with Crippen LogP contribution in [0.15, 0.2) is 467 Å². The molecule has 16 aromatic carbocycles. The van der Waals surface area contributed by atoms with Crippen molar-refractivity contribution in [3.63, 3.8) is 0 Å². The van der Waals surface area contributed by atoms with Gasteiger partial charge < -0.3 is 0 Å². The first-order valence-electron chi connectivity index (χ1n) is 43.7. The molecule has 9 heterocycles. The molecule has 608 valence electrons. The molecule has 9 nitrogen and oxygen atoms in total. The number of rotatable bonds is 13. The first kappa shape index (κ1) is 77.7. The van der Waals surface area contributed by atoms with Crippen LogP contribution in [0.1, 0.15) is 22.6 Å². The van der Waals surface area contributed by atoms with Crippen LogP contribution in [-0.4, -0.2) is 45.6 Å². The van der Waals surface area contributed by atoms with E-state index in [9.17, 15) is 0 Å². The number of para-hydroxylation sites is 1. The van der Waals surface area contributed by atoms with Crippen molar-refractivity contribution in [2.24, 2.45) is 4.99 Å². The van der Waals surface area contributed by atoms with E-state index < -0.39 is 0 Å². The van der Waals surface area contributed by atoms with Crippen LogP contribution in [-0.2, 0) is 0 Å². The van der Waals surface area contributed by atoms with Crippen LogP contribution in [0.2, 0.25) is 0 Å². The van der Waals surface area contributed by atoms with Gasteiger partial charge in [-0.3, -0.25) is 29.9 Å². The van der Waals surface area contributed by atoms with Gasteiger partial charge in [-0.1, -0.05) is 334 Å². The minimum absolute atomic E-state index is 0.128. The Morgan fingerprint density at radius 3 is 1.08 bits per heavy atom. The van der Waals surface area contributed by atoms with Crippen LogP contribution in [0.5, 0.6) is 0 Å². The monoisotopic (exact) mass is 1680 g/mol. The summed E-state index contributed by atoms with van der Waals surface area (Å²) in [7, 11) is 0. The molecular weight excluding hydrogens is 1600 g/mol. The van der Waals surface area contributed by atoms with Crippen molar-refractivity contribution in [1.82, 2.24) is 39.9 Å². The third-order valence-corrected chi connectivity index (χ3v) is 26.0. The van der Waals surface area contributed by atoms with Crippen LogP contribution in [0.25, 0.3) is 208 Å². The van der Waals surface area contributed by atoms with E-state index in [4.69, 9.17) is 34.9 Å². The van der Waals surface area contributed by atoms with E-state index in [1.807, 2.05) is 48.9 Å². The second-order valence-corrected chi connectivity index (χ2v) is 33.8. The van der Waals surface area contributed by atoms with Gasteiger partial charge in [0.25, 0.3) is 0 Å². The molecule has 1 aliphatic heterocycles. The van der Waals surface area contributed by atoms with Crippen molar-refractivity contribution in [3.8, 4) is 123 Å². The summed E-state index contributed by atoms with van der Waals surface area (Å²) in [6.07, 6.45) is 13.1. The number of benzene rings is 16. The van der Waals surface area contributed by atoms with Crippen LogP contribution in [0, 0.1) is 0 Å². The molecule has 0 radical (unpaired) electrons. The molecule has 8 aromatic heterocycles.